The molecule has 4 rings (SSSR count). The second kappa shape index (κ2) is 7.89. The number of hydrogen-bond donors (Lipinski definition) is 2. The SMILES string of the molecule is CC(NC(=O)[C@@H]1C2CCC(CC2)N1C(=O)CCc1ccccc1)C(=O)O. The number of benzene rings is 1. The highest BCUT2D eigenvalue weighted by Gasteiger charge is 2.47. The number of carboxylic acid groups (broad SMARTS) is 1. The first-order valence-corrected chi connectivity index (χ1v) is 9.35. The third-order valence-corrected chi connectivity index (χ3v) is 5.64. The van der Waals surface area contributed by atoms with Crippen LogP contribution in [0.4, 0.5) is 0 Å². The van der Waals surface area contributed by atoms with Gasteiger partial charge in [0.15, 0.2) is 0 Å². The fraction of sp³-hybridized carbons (Fsp3) is 0.550. The van der Waals surface area contributed by atoms with Crippen molar-refractivity contribution in [1.29, 1.82) is 0 Å². The summed E-state index contributed by atoms with van der Waals surface area (Å²) in [6.07, 6.45) is 4.72. The molecule has 2 N–H and O–H groups in total. The van der Waals surface area contributed by atoms with E-state index in [0.717, 1.165) is 31.2 Å². The van der Waals surface area contributed by atoms with Crippen molar-refractivity contribution in [1.82, 2.24) is 10.2 Å². The summed E-state index contributed by atoms with van der Waals surface area (Å²) in [6.45, 7) is 1.45. The highest BCUT2D eigenvalue weighted by Crippen LogP contribution is 2.40. The second-order valence-corrected chi connectivity index (χ2v) is 7.37. The van der Waals surface area contributed by atoms with Gasteiger partial charge >= 0.3 is 5.97 Å². The Morgan fingerprint density at radius 3 is 2.42 bits per heavy atom. The molecule has 1 saturated carbocycles. The van der Waals surface area contributed by atoms with Crippen molar-refractivity contribution in [2.45, 2.75) is 63.6 Å². The first-order chi connectivity index (χ1) is 12.5. The Morgan fingerprint density at radius 1 is 1.15 bits per heavy atom. The summed E-state index contributed by atoms with van der Waals surface area (Å²) in [5.74, 6) is -1.28. The lowest BCUT2D eigenvalue weighted by atomic mass is 9.74. The van der Waals surface area contributed by atoms with E-state index in [4.69, 9.17) is 5.11 Å². The summed E-state index contributed by atoms with van der Waals surface area (Å²) in [5, 5.41) is 11.6. The molecule has 2 aliphatic heterocycles. The Labute approximate surface area is 153 Å². The van der Waals surface area contributed by atoms with Crippen molar-refractivity contribution in [2.75, 3.05) is 0 Å². The molecule has 2 atom stereocenters. The number of amides is 2. The third kappa shape index (κ3) is 3.89. The van der Waals surface area contributed by atoms with E-state index in [1.165, 1.54) is 6.92 Å². The summed E-state index contributed by atoms with van der Waals surface area (Å²) in [6, 6.07) is 8.44. The van der Waals surface area contributed by atoms with Crippen molar-refractivity contribution >= 4 is 17.8 Å². The zero-order chi connectivity index (χ0) is 18.7. The van der Waals surface area contributed by atoms with E-state index in [-0.39, 0.29) is 23.8 Å². The molecule has 0 aromatic heterocycles. The minimum atomic E-state index is -1.07. The molecule has 26 heavy (non-hydrogen) atoms. The third-order valence-electron chi connectivity index (χ3n) is 5.64. The van der Waals surface area contributed by atoms with E-state index in [2.05, 4.69) is 5.32 Å². The fourth-order valence-electron chi connectivity index (χ4n) is 4.23. The number of carbonyl (C=O) groups is 3. The Bertz CT molecular complexity index is 668. The summed E-state index contributed by atoms with van der Waals surface area (Å²) in [7, 11) is 0. The fourth-order valence-corrected chi connectivity index (χ4v) is 4.23. The number of nitrogens with one attached hydrogen (secondary N) is 1. The van der Waals surface area contributed by atoms with Crippen LogP contribution >= 0.6 is 0 Å². The molecular formula is C20H26N2O4. The molecule has 140 valence electrons. The Morgan fingerprint density at radius 2 is 1.81 bits per heavy atom. The highest BCUT2D eigenvalue weighted by molar-refractivity contribution is 5.91. The van der Waals surface area contributed by atoms with Crippen LogP contribution in [0.15, 0.2) is 30.3 Å². The molecule has 3 aliphatic rings. The molecule has 1 aromatic rings. The largest absolute Gasteiger partial charge is 0.480 e. The molecular weight excluding hydrogens is 332 g/mol. The van der Waals surface area contributed by atoms with Gasteiger partial charge in [0, 0.05) is 12.5 Å². The van der Waals surface area contributed by atoms with Gasteiger partial charge in [0.25, 0.3) is 0 Å². The Kier molecular flexibility index (Phi) is 5.59. The van der Waals surface area contributed by atoms with E-state index < -0.39 is 18.1 Å². The van der Waals surface area contributed by atoms with E-state index in [9.17, 15) is 14.4 Å². The van der Waals surface area contributed by atoms with Gasteiger partial charge in [-0.2, -0.15) is 0 Å². The van der Waals surface area contributed by atoms with Gasteiger partial charge in [-0.05, 0) is 50.5 Å². The molecule has 0 radical (unpaired) electrons. The average molecular weight is 358 g/mol. The van der Waals surface area contributed by atoms with E-state index in [1.807, 2.05) is 30.3 Å². The highest BCUT2D eigenvalue weighted by atomic mass is 16.4. The molecule has 1 aromatic carbocycles. The topological polar surface area (TPSA) is 86.7 Å². The maximum Gasteiger partial charge on any atom is 0.325 e. The molecule has 6 nitrogen and oxygen atoms in total. The van der Waals surface area contributed by atoms with Crippen molar-refractivity contribution in [3.63, 3.8) is 0 Å². The zero-order valence-electron chi connectivity index (χ0n) is 15.1. The number of carbonyl (C=O) groups excluding carboxylic acids is 2. The van der Waals surface area contributed by atoms with Crippen LogP contribution in [0.5, 0.6) is 0 Å². The van der Waals surface area contributed by atoms with Crippen LogP contribution in [0, 0.1) is 5.92 Å². The first kappa shape index (κ1) is 18.4. The van der Waals surface area contributed by atoms with Gasteiger partial charge < -0.3 is 15.3 Å². The van der Waals surface area contributed by atoms with Crippen LogP contribution < -0.4 is 5.32 Å². The van der Waals surface area contributed by atoms with Crippen molar-refractivity contribution in [3.05, 3.63) is 35.9 Å². The molecule has 1 aliphatic carbocycles. The van der Waals surface area contributed by atoms with Crippen molar-refractivity contribution in [3.8, 4) is 0 Å². The molecule has 3 fully saturated rings. The number of carboxylic acids is 1. The van der Waals surface area contributed by atoms with E-state index >= 15 is 0 Å². The second-order valence-electron chi connectivity index (χ2n) is 7.37. The number of hydrogen-bond acceptors (Lipinski definition) is 3. The lowest BCUT2D eigenvalue weighted by Gasteiger charge is -2.50. The van der Waals surface area contributed by atoms with Gasteiger partial charge in [-0.3, -0.25) is 14.4 Å². The predicted molar refractivity (Wildman–Crippen MR) is 96.4 cm³/mol. The summed E-state index contributed by atoms with van der Waals surface area (Å²) in [4.78, 5) is 38.5. The van der Waals surface area contributed by atoms with Crippen LogP contribution in [0.25, 0.3) is 0 Å². The quantitative estimate of drug-likeness (QED) is 0.814. The lowest BCUT2D eigenvalue weighted by molar-refractivity contribution is -0.154. The molecule has 6 heteroatoms. The van der Waals surface area contributed by atoms with E-state index in [0.29, 0.717) is 12.8 Å². The lowest BCUT2D eigenvalue weighted by Crippen LogP contribution is -2.63. The number of aryl methyl sites for hydroxylation is 1. The van der Waals surface area contributed by atoms with Gasteiger partial charge in [0.05, 0.1) is 0 Å². The number of aliphatic carboxylic acids is 1. The summed E-state index contributed by atoms with van der Waals surface area (Å²) in [5.41, 5.74) is 1.10. The standard InChI is InChI=1S/C20H26N2O4/c1-13(20(25)26)21-19(24)18-15-8-10-16(11-9-15)22(18)17(23)12-7-14-5-3-2-4-6-14/h2-6,13,15-16,18H,7-12H2,1H3,(H,21,24)(H,25,26)/t13?,15?,16?,18-/m0/s1. The molecule has 2 amide bonds. The number of rotatable bonds is 6. The molecule has 2 heterocycles. The van der Waals surface area contributed by atoms with Crippen molar-refractivity contribution in [2.24, 2.45) is 5.92 Å². The molecule has 1 unspecified atom stereocenters. The monoisotopic (exact) mass is 358 g/mol. The van der Waals surface area contributed by atoms with Crippen LogP contribution in [-0.2, 0) is 20.8 Å². The van der Waals surface area contributed by atoms with Gasteiger partial charge in [0.2, 0.25) is 11.8 Å². The number of piperidine rings is 2. The Hall–Kier alpha value is -2.37. The van der Waals surface area contributed by atoms with Gasteiger partial charge in [-0.25, -0.2) is 0 Å². The van der Waals surface area contributed by atoms with Gasteiger partial charge in [-0.1, -0.05) is 30.3 Å². The van der Waals surface area contributed by atoms with Gasteiger partial charge in [-0.15, -0.1) is 0 Å². The van der Waals surface area contributed by atoms with Gasteiger partial charge in [0.1, 0.15) is 12.1 Å². The summed E-state index contributed by atoms with van der Waals surface area (Å²) >= 11 is 0. The minimum Gasteiger partial charge on any atom is -0.480 e. The number of fused-ring (bicyclic) bond motifs is 3. The van der Waals surface area contributed by atoms with Crippen LogP contribution in [0.2, 0.25) is 0 Å². The van der Waals surface area contributed by atoms with E-state index in [1.54, 1.807) is 4.90 Å². The average Bonchev–Trinajstić information content (AvgIpc) is 2.66. The molecule has 2 bridgehead atoms. The number of nitrogens with zero attached hydrogens (tertiary/aromatic N) is 1. The maximum atomic E-state index is 12.9. The minimum absolute atomic E-state index is 0.00798. The summed E-state index contributed by atoms with van der Waals surface area (Å²) < 4.78 is 0. The first-order valence-electron chi connectivity index (χ1n) is 9.35. The normalized spacial score (nSPS) is 25.6. The van der Waals surface area contributed by atoms with Crippen LogP contribution in [-0.4, -0.2) is 45.9 Å². The molecule has 2 saturated heterocycles. The smallest absolute Gasteiger partial charge is 0.325 e. The van der Waals surface area contributed by atoms with Crippen molar-refractivity contribution < 1.29 is 19.5 Å². The maximum absolute atomic E-state index is 12.9. The predicted octanol–water partition coefficient (Wildman–Crippen LogP) is 1.98. The zero-order valence-corrected chi connectivity index (χ0v) is 15.1. The van der Waals surface area contributed by atoms with Crippen LogP contribution in [0.1, 0.15) is 44.6 Å². The van der Waals surface area contributed by atoms with Crippen LogP contribution in [0.3, 0.4) is 0 Å². The molecule has 0 spiro atoms. The Balaban J connectivity index is 1.70.